The highest BCUT2D eigenvalue weighted by atomic mass is 35.5. The van der Waals surface area contributed by atoms with E-state index in [1.807, 2.05) is 26.0 Å². The van der Waals surface area contributed by atoms with Gasteiger partial charge in [-0.15, -0.1) is 0 Å². The number of aliphatic imine (C=N–C) groups is 1. The van der Waals surface area contributed by atoms with Crippen molar-refractivity contribution in [2.75, 3.05) is 5.73 Å². The summed E-state index contributed by atoms with van der Waals surface area (Å²) in [6, 6.07) is 6.11. The molecule has 0 bridgehead atoms. The molecule has 0 saturated heterocycles. The molecule has 1 aliphatic heterocycles. The molecule has 1 aliphatic carbocycles. The zero-order valence-electron chi connectivity index (χ0n) is 19.4. The van der Waals surface area contributed by atoms with Crippen molar-refractivity contribution >= 4 is 28.8 Å². The van der Waals surface area contributed by atoms with Crippen molar-refractivity contribution in [2.45, 2.75) is 64.4 Å². The molecule has 178 valence electrons. The Hall–Kier alpha value is -3.20. The quantitative estimate of drug-likeness (QED) is 0.559. The predicted molar refractivity (Wildman–Crippen MR) is 129 cm³/mol. The summed E-state index contributed by atoms with van der Waals surface area (Å²) in [5, 5.41) is 4.51. The van der Waals surface area contributed by atoms with Crippen LogP contribution in [0.25, 0.3) is 0 Å². The Kier molecular flexibility index (Phi) is 5.67. The number of nitrogens with two attached hydrogens (primary N) is 1. The van der Waals surface area contributed by atoms with E-state index in [4.69, 9.17) is 27.1 Å². The second-order valence-electron chi connectivity index (χ2n) is 9.58. The maximum Gasteiger partial charge on any atom is 0.438 e. The van der Waals surface area contributed by atoms with Crippen LogP contribution in [0.15, 0.2) is 32.5 Å². The van der Waals surface area contributed by atoms with E-state index in [2.05, 4.69) is 30.7 Å². The molecule has 0 atom stereocenters. The smallest absolute Gasteiger partial charge is 0.438 e. The number of aromatic amines is 1. The average Bonchev–Trinajstić information content (AvgIpc) is 3.17. The number of benzene rings is 1. The molecule has 2 aliphatic rings. The van der Waals surface area contributed by atoms with E-state index in [9.17, 15) is 4.79 Å². The van der Waals surface area contributed by atoms with Crippen LogP contribution >= 0.6 is 11.6 Å². The normalized spacial score (nSPS) is 21.5. The molecule has 3 N–H and O–H groups in total. The van der Waals surface area contributed by atoms with E-state index in [1.165, 1.54) is 0 Å². The number of aromatic nitrogens is 4. The minimum Gasteiger partial charge on any atom is -0.463 e. The van der Waals surface area contributed by atoms with Crippen molar-refractivity contribution in [3.63, 3.8) is 0 Å². The van der Waals surface area contributed by atoms with Crippen LogP contribution in [0.1, 0.15) is 68.2 Å². The molecule has 10 heteroatoms. The molecule has 2 aromatic heterocycles. The molecule has 0 amide bonds. The highest BCUT2D eigenvalue weighted by molar-refractivity contribution is 6.32. The fraction of sp³-hybridized carbons (Fsp3) is 0.458. The summed E-state index contributed by atoms with van der Waals surface area (Å²) in [7, 11) is 0. The highest BCUT2D eigenvalue weighted by Crippen LogP contribution is 2.42. The molecule has 34 heavy (non-hydrogen) atoms. The lowest BCUT2D eigenvalue weighted by Crippen LogP contribution is -2.41. The molecular weight excluding hydrogens is 456 g/mol. The molecule has 1 fully saturated rings. The van der Waals surface area contributed by atoms with Crippen LogP contribution < -0.4 is 16.2 Å². The number of halogens is 1. The number of hydrogen-bond donors (Lipinski definition) is 2. The Balaban J connectivity index is 1.35. The molecule has 0 radical (unpaired) electrons. The summed E-state index contributed by atoms with van der Waals surface area (Å²) in [4.78, 5) is 27.1. The van der Waals surface area contributed by atoms with E-state index in [0.717, 1.165) is 54.0 Å². The second-order valence-corrected chi connectivity index (χ2v) is 9.99. The first-order valence-electron chi connectivity index (χ1n) is 11.5. The first kappa shape index (κ1) is 22.6. The number of fused-ring (bicyclic) bond motifs is 1. The van der Waals surface area contributed by atoms with Gasteiger partial charge in [-0.05, 0) is 69.9 Å². The van der Waals surface area contributed by atoms with Gasteiger partial charge in [-0.1, -0.05) is 28.9 Å². The van der Waals surface area contributed by atoms with Gasteiger partial charge in [-0.25, -0.2) is 14.8 Å². The summed E-state index contributed by atoms with van der Waals surface area (Å²) in [6.07, 6.45) is 4.87. The predicted octanol–water partition coefficient (Wildman–Crippen LogP) is 4.51. The van der Waals surface area contributed by atoms with Crippen LogP contribution in [0, 0.1) is 12.8 Å². The Morgan fingerprint density at radius 3 is 2.65 bits per heavy atom. The number of nitrogen functional groups attached to an aromatic ring is 1. The van der Waals surface area contributed by atoms with E-state index in [-0.39, 0.29) is 0 Å². The second kappa shape index (κ2) is 8.54. The monoisotopic (exact) mass is 482 g/mol. The van der Waals surface area contributed by atoms with E-state index < -0.39 is 11.4 Å². The standard InChI is InChI=1S/C24H27ClN6O3/c1-12-27-21(26)19-22(28-12)33-24(2,3)20(30-19)15-8-9-16(17(25)11-15)14-6-4-13(5-7-14)10-18-29-23(32)34-31-18/h8-9,11,13-14H,4-7,10H2,1-3H3,(H2,26,27,28)(H,29,31,32)/t13-,14-. The highest BCUT2D eigenvalue weighted by Gasteiger charge is 2.36. The molecule has 0 unspecified atom stereocenters. The number of anilines is 1. The van der Waals surface area contributed by atoms with Crippen molar-refractivity contribution in [1.82, 2.24) is 20.1 Å². The Labute approximate surface area is 201 Å². The number of ether oxygens (including phenoxy) is 1. The van der Waals surface area contributed by atoms with Gasteiger partial charge in [0.15, 0.2) is 17.3 Å². The largest absolute Gasteiger partial charge is 0.463 e. The van der Waals surface area contributed by atoms with Gasteiger partial charge in [0, 0.05) is 17.0 Å². The summed E-state index contributed by atoms with van der Waals surface area (Å²) in [5.41, 5.74) is 8.60. The lowest BCUT2D eigenvalue weighted by Gasteiger charge is -2.33. The van der Waals surface area contributed by atoms with Gasteiger partial charge in [0.2, 0.25) is 5.88 Å². The molecule has 0 spiro atoms. The third kappa shape index (κ3) is 4.32. The molecular formula is C24H27ClN6O3. The van der Waals surface area contributed by atoms with Crippen LogP contribution in [0.3, 0.4) is 0 Å². The maximum atomic E-state index is 11.2. The first-order valence-corrected chi connectivity index (χ1v) is 11.8. The number of nitrogens with zero attached hydrogens (tertiary/aromatic N) is 4. The van der Waals surface area contributed by atoms with Crippen LogP contribution in [0.2, 0.25) is 5.02 Å². The van der Waals surface area contributed by atoms with Gasteiger partial charge in [-0.3, -0.25) is 9.51 Å². The summed E-state index contributed by atoms with van der Waals surface area (Å²) in [5.74, 6) is 2.22. The van der Waals surface area contributed by atoms with Gasteiger partial charge in [0.1, 0.15) is 11.4 Å². The van der Waals surface area contributed by atoms with Gasteiger partial charge < -0.3 is 10.5 Å². The van der Waals surface area contributed by atoms with Crippen molar-refractivity contribution in [2.24, 2.45) is 10.9 Å². The minimum atomic E-state index is -0.703. The molecule has 3 heterocycles. The van der Waals surface area contributed by atoms with Crippen molar-refractivity contribution in [1.29, 1.82) is 0 Å². The summed E-state index contributed by atoms with van der Waals surface area (Å²) in [6.45, 7) is 5.68. The SMILES string of the molecule is Cc1nc(N)c2c(n1)OC(C)(C)C(c1ccc([C@H]3CC[C@H](Cc4noc(=O)[nH]4)CC3)c(Cl)c1)=N2. The minimum absolute atomic E-state index is 0.296. The fourth-order valence-electron chi connectivity index (χ4n) is 4.99. The molecule has 1 saturated carbocycles. The number of H-pyrrole nitrogens is 1. The topological polar surface area (TPSA) is 132 Å². The van der Waals surface area contributed by atoms with Crippen molar-refractivity contribution in [3.8, 4) is 5.88 Å². The van der Waals surface area contributed by atoms with Crippen LogP contribution in [-0.2, 0) is 6.42 Å². The lowest BCUT2D eigenvalue weighted by molar-refractivity contribution is 0.171. The third-order valence-corrected chi connectivity index (χ3v) is 6.99. The summed E-state index contributed by atoms with van der Waals surface area (Å²) >= 11 is 6.79. The Bertz CT molecular complexity index is 1320. The lowest BCUT2D eigenvalue weighted by atomic mass is 9.77. The number of nitrogens with one attached hydrogen (secondary N) is 1. The molecule has 3 aromatic rings. The van der Waals surface area contributed by atoms with Gasteiger partial charge in [0.05, 0.1) is 5.71 Å². The number of aryl methyl sites for hydroxylation is 1. The van der Waals surface area contributed by atoms with E-state index in [1.54, 1.807) is 6.92 Å². The van der Waals surface area contributed by atoms with Gasteiger partial charge in [-0.2, -0.15) is 4.98 Å². The maximum absolute atomic E-state index is 11.2. The van der Waals surface area contributed by atoms with Crippen molar-refractivity contribution < 1.29 is 9.26 Å². The first-order chi connectivity index (χ1) is 16.2. The van der Waals surface area contributed by atoms with Crippen molar-refractivity contribution in [3.05, 3.63) is 56.5 Å². The Morgan fingerprint density at radius 2 is 1.97 bits per heavy atom. The zero-order chi connectivity index (χ0) is 24.0. The fourth-order valence-corrected chi connectivity index (χ4v) is 5.33. The zero-order valence-corrected chi connectivity index (χ0v) is 20.1. The third-order valence-electron chi connectivity index (χ3n) is 6.66. The average molecular weight is 483 g/mol. The van der Waals surface area contributed by atoms with Gasteiger partial charge in [0.25, 0.3) is 0 Å². The van der Waals surface area contributed by atoms with E-state index in [0.29, 0.717) is 40.9 Å². The van der Waals surface area contributed by atoms with E-state index >= 15 is 0 Å². The molecule has 5 rings (SSSR count). The Morgan fingerprint density at radius 1 is 1.21 bits per heavy atom. The van der Waals surface area contributed by atoms with Crippen LogP contribution in [0.4, 0.5) is 11.5 Å². The number of hydrogen-bond acceptors (Lipinski definition) is 8. The molecule has 1 aromatic carbocycles. The number of rotatable bonds is 4. The van der Waals surface area contributed by atoms with Crippen LogP contribution in [-0.4, -0.2) is 31.4 Å². The van der Waals surface area contributed by atoms with Gasteiger partial charge >= 0.3 is 5.76 Å². The molecule has 9 nitrogen and oxygen atoms in total. The van der Waals surface area contributed by atoms with Crippen LogP contribution in [0.5, 0.6) is 5.88 Å². The summed E-state index contributed by atoms with van der Waals surface area (Å²) < 4.78 is 10.8.